The van der Waals surface area contributed by atoms with E-state index >= 15 is 0 Å². The van der Waals surface area contributed by atoms with Gasteiger partial charge in [0, 0.05) is 6.42 Å². The molecular formula is C28H48O2. The van der Waals surface area contributed by atoms with Gasteiger partial charge in [-0.15, -0.1) is 0 Å². The number of aliphatic carboxylic acids is 1. The van der Waals surface area contributed by atoms with Crippen LogP contribution in [0.25, 0.3) is 0 Å². The third-order valence-corrected chi connectivity index (χ3v) is 6.38. The summed E-state index contributed by atoms with van der Waals surface area (Å²) in [5.74, 6) is 0.692. The molecule has 0 saturated carbocycles. The third-order valence-electron chi connectivity index (χ3n) is 6.38. The molecule has 2 unspecified atom stereocenters. The first-order chi connectivity index (χ1) is 14.6. The Morgan fingerprint density at radius 2 is 1.33 bits per heavy atom. The van der Waals surface area contributed by atoms with E-state index in [0.717, 1.165) is 19.3 Å². The van der Waals surface area contributed by atoms with Crippen LogP contribution in [-0.4, -0.2) is 11.1 Å². The molecule has 0 saturated heterocycles. The number of benzene rings is 1. The van der Waals surface area contributed by atoms with Crippen LogP contribution in [0.3, 0.4) is 0 Å². The Labute approximate surface area is 186 Å². The molecule has 0 aliphatic heterocycles. The van der Waals surface area contributed by atoms with E-state index in [0.29, 0.717) is 18.3 Å². The maximum Gasteiger partial charge on any atom is 0.303 e. The number of carboxylic acid groups (broad SMARTS) is 1. The summed E-state index contributed by atoms with van der Waals surface area (Å²) in [5.41, 5.74) is 1.42. The second kappa shape index (κ2) is 18.5. The lowest BCUT2D eigenvalue weighted by Crippen LogP contribution is -2.10. The van der Waals surface area contributed by atoms with Crippen molar-refractivity contribution in [2.75, 3.05) is 0 Å². The van der Waals surface area contributed by atoms with E-state index in [9.17, 15) is 4.79 Å². The van der Waals surface area contributed by atoms with Crippen LogP contribution >= 0.6 is 0 Å². The molecule has 0 fully saturated rings. The minimum absolute atomic E-state index is 0.321. The van der Waals surface area contributed by atoms with Gasteiger partial charge in [-0.25, -0.2) is 0 Å². The molecule has 1 aromatic rings. The summed E-state index contributed by atoms with van der Waals surface area (Å²) in [4.78, 5) is 10.9. The van der Waals surface area contributed by atoms with Crippen molar-refractivity contribution in [2.24, 2.45) is 11.8 Å². The molecule has 2 nitrogen and oxygen atoms in total. The van der Waals surface area contributed by atoms with Crippen LogP contribution < -0.4 is 0 Å². The highest BCUT2D eigenvalue weighted by Crippen LogP contribution is 2.26. The van der Waals surface area contributed by atoms with Crippen LogP contribution in [-0.2, 0) is 11.2 Å². The fraction of sp³-hybridized carbons (Fsp3) is 0.750. The smallest absolute Gasteiger partial charge is 0.303 e. The van der Waals surface area contributed by atoms with Crippen LogP contribution in [0.1, 0.15) is 122 Å². The molecule has 0 aliphatic rings. The minimum atomic E-state index is -0.652. The van der Waals surface area contributed by atoms with Gasteiger partial charge in [0.25, 0.3) is 0 Å². The van der Waals surface area contributed by atoms with Gasteiger partial charge in [0.2, 0.25) is 0 Å². The van der Waals surface area contributed by atoms with E-state index in [1.54, 1.807) is 0 Å². The summed E-state index contributed by atoms with van der Waals surface area (Å²) in [7, 11) is 0. The molecule has 0 aliphatic carbocycles. The molecule has 0 heterocycles. The highest BCUT2D eigenvalue weighted by molar-refractivity contribution is 5.66. The molecule has 172 valence electrons. The van der Waals surface area contributed by atoms with Crippen molar-refractivity contribution in [1.82, 2.24) is 0 Å². The lowest BCUT2D eigenvalue weighted by molar-refractivity contribution is -0.137. The maximum atomic E-state index is 10.9. The molecule has 30 heavy (non-hydrogen) atoms. The van der Waals surface area contributed by atoms with E-state index in [2.05, 4.69) is 44.2 Å². The van der Waals surface area contributed by atoms with Gasteiger partial charge in [0.15, 0.2) is 0 Å². The summed E-state index contributed by atoms with van der Waals surface area (Å²) in [6, 6.07) is 10.8. The lowest BCUT2D eigenvalue weighted by Gasteiger charge is -2.21. The Kier molecular flexibility index (Phi) is 16.4. The van der Waals surface area contributed by atoms with Crippen LogP contribution in [0.15, 0.2) is 30.3 Å². The zero-order valence-electron chi connectivity index (χ0n) is 19.9. The van der Waals surface area contributed by atoms with Crippen molar-refractivity contribution < 1.29 is 9.90 Å². The Hall–Kier alpha value is -1.31. The first-order valence-corrected chi connectivity index (χ1v) is 12.9. The highest BCUT2D eigenvalue weighted by atomic mass is 16.4. The molecule has 0 amide bonds. The normalized spacial score (nSPS) is 13.3. The lowest BCUT2D eigenvalue weighted by atomic mass is 9.85. The van der Waals surface area contributed by atoms with E-state index < -0.39 is 5.97 Å². The second-order valence-corrected chi connectivity index (χ2v) is 9.51. The predicted octanol–water partition coefficient (Wildman–Crippen LogP) is 8.83. The molecule has 0 aromatic heterocycles. The quantitative estimate of drug-likeness (QED) is 0.216. The number of carboxylic acids is 1. The fourth-order valence-corrected chi connectivity index (χ4v) is 4.69. The monoisotopic (exact) mass is 416 g/mol. The van der Waals surface area contributed by atoms with E-state index in [1.807, 2.05) is 0 Å². The average Bonchev–Trinajstić information content (AvgIpc) is 2.72. The van der Waals surface area contributed by atoms with Crippen molar-refractivity contribution in [2.45, 2.75) is 123 Å². The summed E-state index contributed by atoms with van der Waals surface area (Å²) >= 11 is 0. The Morgan fingerprint density at radius 1 is 0.800 bits per heavy atom. The van der Waals surface area contributed by atoms with Gasteiger partial charge in [-0.3, -0.25) is 4.79 Å². The Morgan fingerprint density at radius 3 is 1.90 bits per heavy atom. The van der Waals surface area contributed by atoms with E-state index in [-0.39, 0.29) is 0 Å². The Bertz CT molecular complexity index is 511. The van der Waals surface area contributed by atoms with Crippen molar-refractivity contribution in [1.29, 1.82) is 0 Å². The second-order valence-electron chi connectivity index (χ2n) is 9.51. The van der Waals surface area contributed by atoms with Crippen molar-refractivity contribution >= 4 is 5.97 Å². The molecule has 0 bridgehead atoms. The van der Waals surface area contributed by atoms with Gasteiger partial charge in [-0.2, -0.15) is 0 Å². The zero-order valence-corrected chi connectivity index (χ0v) is 19.9. The minimum Gasteiger partial charge on any atom is -0.481 e. The number of carbonyl (C=O) groups is 1. The van der Waals surface area contributed by atoms with Crippen molar-refractivity contribution in [3.63, 3.8) is 0 Å². The molecule has 0 radical (unpaired) electrons. The number of hydrogen-bond donors (Lipinski definition) is 1. The standard InChI is InChI=1S/C28H48O2/c1-3-4-5-6-7-8-9-10-11-12-14-18-27(21-17-22-28(29)30)24-25(2)23-26-19-15-13-16-20-26/h13,15-16,19-20,25,27H,3-12,14,17-18,21-24H2,1-2H3,(H,29,30). The van der Waals surface area contributed by atoms with Gasteiger partial charge in [-0.1, -0.05) is 121 Å². The summed E-state index contributed by atoms with van der Waals surface area (Å²) in [5, 5.41) is 8.98. The first kappa shape index (κ1) is 26.7. The Balaban J connectivity index is 2.20. The molecule has 1 N–H and O–H groups in total. The fourth-order valence-electron chi connectivity index (χ4n) is 4.69. The van der Waals surface area contributed by atoms with Gasteiger partial charge in [-0.05, 0) is 43.1 Å². The molecular weight excluding hydrogens is 368 g/mol. The molecule has 2 atom stereocenters. The van der Waals surface area contributed by atoms with Gasteiger partial charge < -0.3 is 5.11 Å². The van der Waals surface area contributed by atoms with Crippen molar-refractivity contribution in [3.8, 4) is 0 Å². The van der Waals surface area contributed by atoms with E-state index in [4.69, 9.17) is 5.11 Å². The van der Waals surface area contributed by atoms with E-state index in [1.165, 1.54) is 89.0 Å². The van der Waals surface area contributed by atoms with Gasteiger partial charge >= 0.3 is 5.97 Å². The summed E-state index contributed by atoms with van der Waals surface area (Å²) in [6.07, 6.45) is 21.1. The molecule has 2 heteroatoms. The SMILES string of the molecule is CCCCCCCCCCCCCC(CCCC(=O)O)CC(C)Cc1ccccc1. The molecule has 0 spiro atoms. The van der Waals surface area contributed by atoms with Crippen LogP contribution in [0.4, 0.5) is 0 Å². The molecule has 1 aromatic carbocycles. The third kappa shape index (κ3) is 15.5. The number of rotatable bonds is 20. The van der Waals surface area contributed by atoms with Crippen molar-refractivity contribution in [3.05, 3.63) is 35.9 Å². The summed E-state index contributed by atoms with van der Waals surface area (Å²) in [6.45, 7) is 4.64. The predicted molar refractivity (Wildman–Crippen MR) is 130 cm³/mol. The number of hydrogen-bond acceptors (Lipinski definition) is 1. The average molecular weight is 417 g/mol. The van der Waals surface area contributed by atoms with Crippen LogP contribution in [0.2, 0.25) is 0 Å². The van der Waals surface area contributed by atoms with Crippen LogP contribution in [0.5, 0.6) is 0 Å². The maximum absolute atomic E-state index is 10.9. The van der Waals surface area contributed by atoms with Crippen LogP contribution in [0, 0.1) is 11.8 Å². The highest BCUT2D eigenvalue weighted by Gasteiger charge is 2.14. The zero-order chi connectivity index (χ0) is 21.9. The molecule has 1 rings (SSSR count). The topological polar surface area (TPSA) is 37.3 Å². The summed E-state index contributed by atoms with van der Waals surface area (Å²) < 4.78 is 0. The van der Waals surface area contributed by atoms with Gasteiger partial charge in [0.05, 0.1) is 0 Å². The number of unbranched alkanes of at least 4 members (excludes halogenated alkanes) is 10. The largest absolute Gasteiger partial charge is 0.481 e. The van der Waals surface area contributed by atoms with Gasteiger partial charge in [0.1, 0.15) is 0 Å². The first-order valence-electron chi connectivity index (χ1n) is 12.9.